The molecule has 2 N–H and O–H groups in total. The minimum atomic E-state index is -0.656. The molecule has 1 rings (SSSR count). The largest absolute Gasteiger partial charge is 0.465 e. The maximum Gasteiger partial charge on any atom is 0.326 e. The van der Waals surface area contributed by atoms with Gasteiger partial charge in [-0.2, -0.15) is 0 Å². The molecule has 1 aliphatic rings. The second-order valence-corrected chi connectivity index (χ2v) is 3.57. The zero-order valence-corrected chi connectivity index (χ0v) is 9.12. The van der Waals surface area contributed by atoms with E-state index in [2.05, 4.69) is 5.32 Å². The van der Waals surface area contributed by atoms with Crippen LogP contribution in [0, 0.1) is 0 Å². The Morgan fingerprint density at radius 3 is 2.73 bits per heavy atom. The maximum absolute atomic E-state index is 11.8. The van der Waals surface area contributed by atoms with Crippen LogP contribution in [0.4, 0.5) is 0 Å². The van der Waals surface area contributed by atoms with Gasteiger partial charge in [-0.1, -0.05) is 0 Å². The number of carbonyl (C=O) groups is 1. The molecular weight excluding hydrogens is 198 g/mol. The fraction of sp³-hybridized carbons (Fsp3) is 0.900. The summed E-state index contributed by atoms with van der Waals surface area (Å²) in [5.74, 6) is -0.234. The van der Waals surface area contributed by atoms with Gasteiger partial charge in [0.15, 0.2) is 0 Å². The lowest BCUT2D eigenvalue weighted by Gasteiger charge is -2.35. The predicted octanol–water partition coefficient (Wildman–Crippen LogP) is -0.319. The van der Waals surface area contributed by atoms with Gasteiger partial charge in [-0.05, 0) is 19.8 Å². The Balaban J connectivity index is 2.61. The van der Waals surface area contributed by atoms with E-state index in [1.807, 2.05) is 0 Å². The summed E-state index contributed by atoms with van der Waals surface area (Å²) in [7, 11) is 0. The summed E-state index contributed by atoms with van der Waals surface area (Å²) in [6.07, 6.45) is 1.21. The maximum atomic E-state index is 11.8. The van der Waals surface area contributed by atoms with Crippen LogP contribution in [0.1, 0.15) is 19.8 Å². The first-order valence-corrected chi connectivity index (χ1v) is 5.36. The van der Waals surface area contributed by atoms with Crippen LogP contribution in [0.2, 0.25) is 0 Å². The van der Waals surface area contributed by atoms with Crippen LogP contribution in [0.25, 0.3) is 0 Å². The zero-order valence-electron chi connectivity index (χ0n) is 9.12. The number of rotatable bonds is 5. The van der Waals surface area contributed by atoms with Crippen molar-refractivity contribution in [3.05, 3.63) is 0 Å². The van der Waals surface area contributed by atoms with Crippen LogP contribution in [-0.2, 0) is 14.3 Å². The molecule has 0 bridgehead atoms. The molecule has 0 unspecified atom stereocenters. The number of nitrogens with one attached hydrogen (secondary N) is 1. The summed E-state index contributed by atoms with van der Waals surface area (Å²) in [4.78, 5) is 11.8. The molecule has 0 aromatic rings. The van der Waals surface area contributed by atoms with E-state index in [4.69, 9.17) is 14.6 Å². The average molecular weight is 217 g/mol. The number of aliphatic hydroxyl groups is 1. The smallest absolute Gasteiger partial charge is 0.326 e. The third-order valence-electron chi connectivity index (χ3n) is 2.59. The topological polar surface area (TPSA) is 67.8 Å². The first-order chi connectivity index (χ1) is 7.25. The zero-order chi connectivity index (χ0) is 11.1. The van der Waals surface area contributed by atoms with Gasteiger partial charge in [0, 0.05) is 19.8 Å². The molecule has 0 atom stereocenters. The standard InChI is InChI=1S/C10H19NO4/c1-2-15-9(13)10(11-5-6-12)3-7-14-8-4-10/h11-12H,2-8H2,1H3. The third-order valence-corrected chi connectivity index (χ3v) is 2.59. The number of ether oxygens (including phenoxy) is 2. The van der Waals surface area contributed by atoms with Crippen LogP contribution in [0.5, 0.6) is 0 Å². The van der Waals surface area contributed by atoms with Crippen LogP contribution in [-0.4, -0.2) is 49.6 Å². The van der Waals surface area contributed by atoms with Crippen molar-refractivity contribution in [2.45, 2.75) is 25.3 Å². The van der Waals surface area contributed by atoms with Crippen molar-refractivity contribution in [2.75, 3.05) is 33.0 Å². The van der Waals surface area contributed by atoms with Gasteiger partial charge >= 0.3 is 5.97 Å². The fourth-order valence-electron chi connectivity index (χ4n) is 1.74. The lowest BCUT2D eigenvalue weighted by molar-refractivity contribution is -0.155. The normalized spacial score (nSPS) is 19.9. The third kappa shape index (κ3) is 3.15. The van der Waals surface area contributed by atoms with Gasteiger partial charge in [0.1, 0.15) is 5.54 Å². The highest BCUT2D eigenvalue weighted by atomic mass is 16.5. The number of hydrogen-bond acceptors (Lipinski definition) is 5. The van der Waals surface area contributed by atoms with Crippen molar-refractivity contribution in [1.29, 1.82) is 0 Å². The van der Waals surface area contributed by atoms with E-state index in [0.29, 0.717) is 39.2 Å². The van der Waals surface area contributed by atoms with Crippen molar-refractivity contribution in [3.8, 4) is 0 Å². The van der Waals surface area contributed by atoms with E-state index < -0.39 is 5.54 Å². The van der Waals surface area contributed by atoms with E-state index in [1.54, 1.807) is 6.92 Å². The molecule has 1 saturated heterocycles. The molecule has 5 nitrogen and oxygen atoms in total. The van der Waals surface area contributed by atoms with Crippen LogP contribution in [0.3, 0.4) is 0 Å². The molecule has 5 heteroatoms. The number of esters is 1. The van der Waals surface area contributed by atoms with Crippen LogP contribution < -0.4 is 5.32 Å². The SMILES string of the molecule is CCOC(=O)C1(NCCO)CCOCC1. The Kier molecular flexibility index (Phi) is 5.01. The van der Waals surface area contributed by atoms with Crippen molar-refractivity contribution >= 4 is 5.97 Å². The summed E-state index contributed by atoms with van der Waals surface area (Å²) in [6.45, 7) is 3.69. The van der Waals surface area contributed by atoms with E-state index in [9.17, 15) is 4.79 Å². The molecule has 15 heavy (non-hydrogen) atoms. The minimum absolute atomic E-state index is 0.0159. The highest BCUT2D eigenvalue weighted by Crippen LogP contribution is 2.22. The second kappa shape index (κ2) is 6.05. The van der Waals surface area contributed by atoms with Gasteiger partial charge in [-0.3, -0.25) is 10.1 Å². The van der Waals surface area contributed by atoms with E-state index in [1.165, 1.54) is 0 Å². The first-order valence-electron chi connectivity index (χ1n) is 5.36. The monoisotopic (exact) mass is 217 g/mol. The summed E-state index contributed by atoms with van der Waals surface area (Å²) in [5.41, 5.74) is -0.656. The molecule has 0 aromatic heterocycles. The van der Waals surface area contributed by atoms with E-state index in [0.717, 1.165) is 0 Å². The van der Waals surface area contributed by atoms with Crippen molar-refractivity contribution < 1.29 is 19.4 Å². The summed E-state index contributed by atoms with van der Waals surface area (Å²) in [5, 5.41) is 11.8. The number of aliphatic hydroxyl groups excluding tert-OH is 1. The second-order valence-electron chi connectivity index (χ2n) is 3.57. The lowest BCUT2D eigenvalue weighted by atomic mass is 9.90. The van der Waals surface area contributed by atoms with Gasteiger partial charge in [0.05, 0.1) is 13.2 Å². The minimum Gasteiger partial charge on any atom is -0.465 e. The lowest BCUT2D eigenvalue weighted by Crippen LogP contribution is -2.56. The average Bonchev–Trinajstić information content (AvgIpc) is 2.28. The molecule has 1 heterocycles. The Bertz CT molecular complexity index is 202. The Labute approximate surface area is 89.8 Å². The molecule has 0 radical (unpaired) electrons. The highest BCUT2D eigenvalue weighted by molar-refractivity contribution is 5.81. The molecule has 1 aliphatic heterocycles. The number of β-amino-alcohol motifs (C(OH)–C–C–N with tert-alkyl or cyclic N) is 1. The Morgan fingerprint density at radius 2 is 2.20 bits per heavy atom. The van der Waals surface area contributed by atoms with Crippen molar-refractivity contribution in [2.24, 2.45) is 0 Å². The summed E-state index contributed by atoms with van der Waals surface area (Å²) in [6, 6.07) is 0. The summed E-state index contributed by atoms with van der Waals surface area (Å²) < 4.78 is 10.3. The molecule has 0 amide bonds. The molecule has 88 valence electrons. The van der Waals surface area contributed by atoms with Gasteiger partial charge in [-0.15, -0.1) is 0 Å². The molecule has 0 aromatic carbocycles. The molecule has 0 aliphatic carbocycles. The Hall–Kier alpha value is -0.650. The van der Waals surface area contributed by atoms with E-state index in [-0.39, 0.29) is 12.6 Å². The van der Waals surface area contributed by atoms with Gasteiger partial charge in [-0.25, -0.2) is 0 Å². The first kappa shape index (κ1) is 12.4. The quantitative estimate of drug-likeness (QED) is 0.618. The van der Waals surface area contributed by atoms with Crippen LogP contribution >= 0.6 is 0 Å². The number of hydrogen-bond donors (Lipinski definition) is 2. The molecule has 1 fully saturated rings. The number of carbonyl (C=O) groups excluding carboxylic acids is 1. The van der Waals surface area contributed by atoms with Gasteiger partial charge < -0.3 is 14.6 Å². The molecular formula is C10H19NO4. The van der Waals surface area contributed by atoms with Gasteiger partial charge in [0.2, 0.25) is 0 Å². The highest BCUT2D eigenvalue weighted by Gasteiger charge is 2.40. The molecule has 0 spiro atoms. The summed E-state index contributed by atoms with van der Waals surface area (Å²) >= 11 is 0. The van der Waals surface area contributed by atoms with Crippen LogP contribution in [0.15, 0.2) is 0 Å². The Morgan fingerprint density at radius 1 is 1.53 bits per heavy atom. The van der Waals surface area contributed by atoms with E-state index >= 15 is 0 Å². The van der Waals surface area contributed by atoms with Crippen molar-refractivity contribution in [1.82, 2.24) is 5.32 Å². The van der Waals surface area contributed by atoms with Crippen molar-refractivity contribution in [3.63, 3.8) is 0 Å². The predicted molar refractivity (Wildman–Crippen MR) is 54.5 cm³/mol. The van der Waals surface area contributed by atoms with Gasteiger partial charge in [0.25, 0.3) is 0 Å². The fourth-order valence-corrected chi connectivity index (χ4v) is 1.74. The molecule has 0 saturated carbocycles.